The topological polar surface area (TPSA) is 59.5 Å². The molecule has 0 aliphatic carbocycles. The molecule has 0 atom stereocenters. The van der Waals surface area contributed by atoms with Crippen LogP contribution in [0.3, 0.4) is 0 Å². The highest BCUT2D eigenvalue weighted by molar-refractivity contribution is 5.96. The highest BCUT2D eigenvalue weighted by Crippen LogP contribution is 2.31. The van der Waals surface area contributed by atoms with Crippen LogP contribution in [0.25, 0.3) is 0 Å². The summed E-state index contributed by atoms with van der Waals surface area (Å²) in [5, 5.41) is 10.0. The molecule has 0 saturated heterocycles. The highest BCUT2D eigenvalue weighted by atomic mass is 19.4. The molecule has 0 spiro atoms. The van der Waals surface area contributed by atoms with Crippen LogP contribution in [-0.2, 0) is 31.6 Å². The first-order valence-electron chi connectivity index (χ1n) is 10.8. The number of carbonyl (C=O) groups is 1. The average molecular weight is 454 g/mol. The van der Waals surface area contributed by atoms with Gasteiger partial charge in [-0.2, -0.15) is 18.2 Å². The number of hydrogen-bond donors (Lipinski definition) is 1. The molecule has 1 heterocycles. The molecule has 0 aliphatic heterocycles. The fraction of sp³-hybridized carbons (Fsp3) is 0.583. The van der Waals surface area contributed by atoms with Gasteiger partial charge in [0.1, 0.15) is 0 Å². The van der Waals surface area contributed by atoms with Gasteiger partial charge >= 0.3 is 6.18 Å². The van der Waals surface area contributed by atoms with Gasteiger partial charge in [0.15, 0.2) is 5.49 Å². The van der Waals surface area contributed by atoms with E-state index in [1.165, 1.54) is 6.07 Å². The number of carbonyl (C=O) groups excluding carboxylic acids is 1. The van der Waals surface area contributed by atoms with E-state index in [2.05, 4.69) is 4.99 Å². The lowest BCUT2D eigenvalue weighted by molar-refractivity contribution is -0.137. The van der Waals surface area contributed by atoms with Crippen LogP contribution in [0.15, 0.2) is 29.3 Å². The van der Waals surface area contributed by atoms with E-state index in [-0.39, 0.29) is 17.4 Å². The zero-order chi connectivity index (χ0) is 24.5. The van der Waals surface area contributed by atoms with Crippen molar-refractivity contribution in [2.75, 3.05) is 0 Å². The minimum absolute atomic E-state index is 0.0896. The van der Waals surface area contributed by atoms with E-state index in [9.17, 15) is 23.1 Å². The summed E-state index contributed by atoms with van der Waals surface area (Å²) in [6.45, 7) is 12.0. The number of hydrogen-bond acceptors (Lipinski definition) is 2. The Balaban J connectivity index is 2.64. The minimum Gasteiger partial charge on any atom is -0.390 e. The number of aromatic nitrogens is 2. The summed E-state index contributed by atoms with van der Waals surface area (Å²) in [6.07, 6.45) is -3.20. The molecule has 0 fully saturated rings. The Morgan fingerprint density at radius 1 is 1.09 bits per heavy atom. The Morgan fingerprint density at radius 3 is 2.22 bits per heavy atom. The van der Waals surface area contributed by atoms with Gasteiger partial charge in [-0.15, -0.1) is 0 Å². The van der Waals surface area contributed by atoms with Crippen LogP contribution in [-0.4, -0.2) is 26.0 Å². The van der Waals surface area contributed by atoms with Crippen molar-refractivity contribution in [3.05, 3.63) is 52.1 Å². The van der Waals surface area contributed by atoms with Crippen LogP contribution >= 0.6 is 0 Å². The summed E-state index contributed by atoms with van der Waals surface area (Å²) in [5.41, 5.74) is -0.386. The number of nitrogens with zero attached hydrogens (tertiary/aromatic N) is 3. The van der Waals surface area contributed by atoms with Crippen molar-refractivity contribution in [2.45, 2.75) is 84.5 Å². The van der Waals surface area contributed by atoms with Crippen molar-refractivity contribution in [2.24, 2.45) is 12.0 Å². The summed E-state index contributed by atoms with van der Waals surface area (Å²) in [4.78, 5) is 17.4. The van der Waals surface area contributed by atoms with Crippen LogP contribution in [0.5, 0.6) is 0 Å². The van der Waals surface area contributed by atoms with Gasteiger partial charge < -0.3 is 5.11 Å². The van der Waals surface area contributed by atoms with Crippen molar-refractivity contribution in [1.82, 2.24) is 9.36 Å². The van der Waals surface area contributed by atoms with Crippen molar-refractivity contribution >= 4 is 5.91 Å². The second-order valence-corrected chi connectivity index (χ2v) is 9.88. The third-order valence-corrected chi connectivity index (χ3v) is 5.33. The van der Waals surface area contributed by atoms with Crippen LogP contribution < -0.4 is 5.49 Å². The first-order chi connectivity index (χ1) is 14.5. The van der Waals surface area contributed by atoms with Crippen LogP contribution in [0, 0.1) is 0 Å². The maximum absolute atomic E-state index is 13.3. The Morgan fingerprint density at radius 2 is 1.72 bits per heavy atom. The SMILES string of the molecule is CCCn1/c(=N/C(=O)c2cc(C(F)(F)F)ccc2CCC(C)(C)O)cc(C(C)(C)C)n1C. The average Bonchev–Trinajstić information content (AvgIpc) is 2.95. The lowest BCUT2D eigenvalue weighted by Crippen LogP contribution is -2.25. The first kappa shape index (κ1) is 25.9. The molecule has 8 heteroatoms. The molecule has 2 rings (SSSR count). The molecular formula is C24H34F3N3O2. The Bertz CT molecular complexity index is 1030. The molecule has 1 N–H and O–H groups in total. The largest absolute Gasteiger partial charge is 0.416 e. The fourth-order valence-electron chi connectivity index (χ4n) is 3.62. The fourth-order valence-corrected chi connectivity index (χ4v) is 3.62. The molecule has 1 aromatic heterocycles. The first-order valence-corrected chi connectivity index (χ1v) is 10.8. The third kappa shape index (κ3) is 6.34. The molecule has 0 bridgehead atoms. The van der Waals surface area contributed by atoms with E-state index in [1.54, 1.807) is 13.8 Å². The highest BCUT2D eigenvalue weighted by Gasteiger charge is 2.32. The standard InChI is InChI=1S/C24H34F3N3O2/c1-8-13-30-20(15-19(29(30)7)22(2,3)4)28-21(31)18-14-17(24(25,26)27)10-9-16(18)11-12-23(5,6)32/h9-10,14-15,32H,8,11-13H2,1-7H3/b28-20+. The lowest BCUT2D eigenvalue weighted by atomic mass is 9.92. The number of aryl methyl sites for hydroxylation is 1. The number of halogens is 3. The van der Waals surface area contributed by atoms with E-state index in [0.717, 1.165) is 24.2 Å². The van der Waals surface area contributed by atoms with Crippen molar-refractivity contribution in [1.29, 1.82) is 0 Å². The van der Waals surface area contributed by atoms with Gasteiger partial charge in [-0.1, -0.05) is 33.8 Å². The number of amides is 1. The van der Waals surface area contributed by atoms with Crippen molar-refractivity contribution < 1.29 is 23.1 Å². The maximum atomic E-state index is 13.3. The predicted molar refractivity (Wildman–Crippen MR) is 118 cm³/mol. The molecule has 0 unspecified atom stereocenters. The Hall–Kier alpha value is -2.35. The second-order valence-electron chi connectivity index (χ2n) is 9.88. The summed E-state index contributed by atoms with van der Waals surface area (Å²) in [6, 6.07) is 4.96. The summed E-state index contributed by atoms with van der Waals surface area (Å²) in [7, 11) is 1.89. The number of benzene rings is 1. The molecule has 2 aromatic rings. The van der Waals surface area contributed by atoms with Gasteiger partial charge in [0, 0.05) is 36.3 Å². The molecule has 32 heavy (non-hydrogen) atoms. The number of rotatable bonds is 6. The molecule has 1 aromatic carbocycles. The molecule has 0 aliphatic rings. The van der Waals surface area contributed by atoms with Gasteiger partial charge in [-0.3, -0.25) is 14.2 Å². The summed E-state index contributed by atoms with van der Waals surface area (Å²) in [5.74, 6) is -0.724. The molecule has 178 valence electrons. The lowest BCUT2D eigenvalue weighted by Gasteiger charge is -2.20. The summed E-state index contributed by atoms with van der Waals surface area (Å²) < 4.78 is 43.8. The zero-order valence-corrected chi connectivity index (χ0v) is 20.0. The van der Waals surface area contributed by atoms with E-state index in [1.807, 2.05) is 50.2 Å². The Kier molecular flexibility index (Phi) is 7.49. The van der Waals surface area contributed by atoms with Crippen LogP contribution in [0.1, 0.15) is 81.6 Å². The van der Waals surface area contributed by atoms with Gasteiger partial charge in [-0.25, -0.2) is 0 Å². The smallest absolute Gasteiger partial charge is 0.390 e. The van der Waals surface area contributed by atoms with Gasteiger partial charge in [0.25, 0.3) is 5.91 Å². The number of aliphatic hydroxyl groups is 1. The molecule has 0 saturated carbocycles. The monoisotopic (exact) mass is 453 g/mol. The van der Waals surface area contributed by atoms with E-state index in [4.69, 9.17) is 0 Å². The normalized spacial score (nSPS) is 13.7. The van der Waals surface area contributed by atoms with Gasteiger partial charge in [0.05, 0.1) is 11.2 Å². The Labute approximate surface area is 187 Å². The quantitative estimate of drug-likeness (QED) is 0.669. The zero-order valence-electron chi connectivity index (χ0n) is 20.0. The molecule has 5 nitrogen and oxygen atoms in total. The van der Waals surface area contributed by atoms with Crippen LogP contribution in [0.4, 0.5) is 13.2 Å². The maximum Gasteiger partial charge on any atom is 0.416 e. The van der Waals surface area contributed by atoms with E-state index in [0.29, 0.717) is 24.0 Å². The van der Waals surface area contributed by atoms with E-state index < -0.39 is 23.2 Å². The van der Waals surface area contributed by atoms with Crippen molar-refractivity contribution in [3.8, 4) is 0 Å². The number of alkyl halides is 3. The van der Waals surface area contributed by atoms with Gasteiger partial charge in [-0.05, 0) is 50.8 Å². The summed E-state index contributed by atoms with van der Waals surface area (Å²) >= 11 is 0. The minimum atomic E-state index is -4.57. The van der Waals surface area contributed by atoms with E-state index >= 15 is 0 Å². The third-order valence-electron chi connectivity index (χ3n) is 5.33. The predicted octanol–water partition coefficient (Wildman–Crippen LogP) is 5.00. The molecule has 1 amide bonds. The second kappa shape index (κ2) is 9.25. The van der Waals surface area contributed by atoms with Crippen molar-refractivity contribution in [3.63, 3.8) is 0 Å². The molecular weight excluding hydrogens is 419 g/mol. The van der Waals surface area contributed by atoms with Gasteiger partial charge in [0.2, 0.25) is 0 Å². The molecule has 0 radical (unpaired) electrons. The van der Waals surface area contributed by atoms with Crippen LogP contribution in [0.2, 0.25) is 0 Å².